The van der Waals surface area contributed by atoms with Crippen LogP contribution in [0.5, 0.6) is 0 Å². The van der Waals surface area contributed by atoms with Crippen molar-refractivity contribution in [3.63, 3.8) is 0 Å². The van der Waals surface area contributed by atoms with E-state index >= 15 is 0 Å². The first-order chi connectivity index (χ1) is 9.65. The second kappa shape index (κ2) is 5.12. The normalized spacial score (nSPS) is 14.8. The van der Waals surface area contributed by atoms with Gasteiger partial charge in [0.05, 0.1) is 5.56 Å². The fourth-order valence-corrected chi connectivity index (χ4v) is 2.80. The molecule has 1 N–H and O–H groups in total. The zero-order valence-corrected chi connectivity index (χ0v) is 11.6. The van der Waals surface area contributed by atoms with Gasteiger partial charge >= 0.3 is 5.97 Å². The Morgan fingerprint density at radius 2 is 1.80 bits per heavy atom. The first-order valence-electron chi connectivity index (χ1n) is 7.09. The van der Waals surface area contributed by atoms with Crippen molar-refractivity contribution >= 4 is 5.97 Å². The van der Waals surface area contributed by atoms with Crippen LogP contribution in [0, 0.1) is 6.92 Å². The number of hydrogen-bond donors (Lipinski definition) is 1. The molecular formula is C18H18O2. The maximum absolute atomic E-state index is 11.0. The molecule has 2 heteroatoms. The van der Waals surface area contributed by atoms with Gasteiger partial charge in [-0.05, 0) is 60.1 Å². The van der Waals surface area contributed by atoms with E-state index in [1.54, 1.807) is 12.1 Å². The number of hydrogen-bond acceptors (Lipinski definition) is 1. The highest BCUT2D eigenvalue weighted by Crippen LogP contribution is 2.37. The third-order valence-corrected chi connectivity index (χ3v) is 4.27. The highest BCUT2D eigenvalue weighted by atomic mass is 16.4. The highest BCUT2D eigenvalue weighted by Gasteiger charge is 2.19. The van der Waals surface area contributed by atoms with Crippen LogP contribution in [0.15, 0.2) is 42.5 Å². The highest BCUT2D eigenvalue weighted by molar-refractivity contribution is 5.89. The fourth-order valence-electron chi connectivity index (χ4n) is 2.80. The molecular weight excluding hydrogens is 248 g/mol. The minimum Gasteiger partial charge on any atom is -0.478 e. The molecule has 0 amide bonds. The van der Waals surface area contributed by atoms with Crippen LogP contribution in [0.2, 0.25) is 0 Å². The quantitative estimate of drug-likeness (QED) is 0.879. The van der Waals surface area contributed by atoms with E-state index in [0.717, 1.165) is 22.6 Å². The van der Waals surface area contributed by atoms with Crippen LogP contribution in [-0.2, 0) is 0 Å². The van der Waals surface area contributed by atoms with Gasteiger partial charge in [-0.2, -0.15) is 0 Å². The van der Waals surface area contributed by atoms with Crippen molar-refractivity contribution in [2.75, 3.05) is 0 Å². The molecule has 0 atom stereocenters. The Balaban J connectivity index is 1.90. The van der Waals surface area contributed by atoms with E-state index in [9.17, 15) is 4.79 Å². The van der Waals surface area contributed by atoms with Crippen LogP contribution < -0.4 is 0 Å². The van der Waals surface area contributed by atoms with Gasteiger partial charge in [0, 0.05) is 0 Å². The topological polar surface area (TPSA) is 37.3 Å². The van der Waals surface area contributed by atoms with E-state index in [2.05, 4.69) is 24.3 Å². The largest absolute Gasteiger partial charge is 0.478 e. The van der Waals surface area contributed by atoms with E-state index < -0.39 is 5.97 Å². The smallest absolute Gasteiger partial charge is 0.335 e. The summed E-state index contributed by atoms with van der Waals surface area (Å²) in [4.78, 5) is 11.0. The number of carboxylic acids is 1. The van der Waals surface area contributed by atoms with Crippen LogP contribution in [0.1, 0.15) is 46.7 Å². The number of rotatable bonds is 3. The number of carbonyl (C=O) groups is 1. The molecule has 102 valence electrons. The van der Waals surface area contributed by atoms with Gasteiger partial charge < -0.3 is 5.11 Å². The SMILES string of the molecule is Cc1cc(C(=O)O)ccc1-c1ccc(C2CCC2)cc1. The minimum atomic E-state index is -0.875. The molecule has 0 unspecified atom stereocenters. The Labute approximate surface area is 119 Å². The summed E-state index contributed by atoms with van der Waals surface area (Å²) in [6.07, 6.45) is 3.97. The molecule has 0 radical (unpaired) electrons. The molecule has 0 heterocycles. The maximum atomic E-state index is 11.0. The standard InChI is InChI=1S/C18H18O2/c1-12-11-16(18(19)20)9-10-17(12)15-7-5-14(6-8-15)13-3-2-4-13/h5-11,13H,2-4H2,1H3,(H,19,20). The zero-order valence-electron chi connectivity index (χ0n) is 11.6. The van der Waals surface area contributed by atoms with E-state index in [1.807, 2.05) is 13.0 Å². The molecule has 2 aromatic rings. The van der Waals surface area contributed by atoms with Gasteiger partial charge in [0.2, 0.25) is 0 Å². The van der Waals surface area contributed by atoms with Gasteiger partial charge in [-0.3, -0.25) is 0 Å². The molecule has 3 rings (SSSR count). The van der Waals surface area contributed by atoms with Gasteiger partial charge in [0.1, 0.15) is 0 Å². The Morgan fingerprint density at radius 3 is 2.30 bits per heavy atom. The average molecular weight is 266 g/mol. The molecule has 2 aromatic carbocycles. The summed E-state index contributed by atoms with van der Waals surface area (Å²) >= 11 is 0. The van der Waals surface area contributed by atoms with Crippen molar-refractivity contribution in [2.24, 2.45) is 0 Å². The molecule has 0 bridgehead atoms. The summed E-state index contributed by atoms with van der Waals surface area (Å²) in [6, 6.07) is 14.0. The van der Waals surface area contributed by atoms with E-state index in [1.165, 1.54) is 24.8 Å². The third-order valence-electron chi connectivity index (χ3n) is 4.27. The Kier molecular flexibility index (Phi) is 3.31. The molecule has 0 spiro atoms. The van der Waals surface area contributed by atoms with Crippen LogP contribution in [0.4, 0.5) is 0 Å². The number of aryl methyl sites for hydroxylation is 1. The molecule has 1 fully saturated rings. The van der Waals surface area contributed by atoms with Gasteiger partial charge in [-0.15, -0.1) is 0 Å². The lowest BCUT2D eigenvalue weighted by molar-refractivity contribution is 0.0697. The Bertz CT molecular complexity index is 637. The third kappa shape index (κ3) is 2.34. The van der Waals surface area contributed by atoms with Crippen LogP contribution in [0.25, 0.3) is 11.1 Å². The summed E-state index contributed by atoms with van der Waals surface area (Å²) in [6.45, 7) is 1.96. The van der Waals surface area contributed by atoms with Gasteiger partial charge in [-0.25, -0.2) is 4.79 Å². The summed E-state index contributed by atoms with van der Waals surface area (Å²) in [7, 11) is 0. The lowest BCUT2D eigenvalue weighted by Crippen LogP contribution is -2.08. The van der Waals surface area contributed by atoms with Crippen LogP contribution in [-0.4, -0.2) is 11.1 Å². The Morgan fingerprint density at radius 1 is 1.10 bits per heavy atom. The summed E-state index contributed by atoms with van der Waals surface area (Å²) in [5.74, 6) is -0.125. The van der Waals surface area contributed by atoms with Crippen molar-refractivity contribution in [1.82, 2.24) is 0 Å². The summed E-state index contributed by atoms with van der Waals surface area (Å²) in [5, 5.41) is 9.00. The van der Waals surface area contributed by atoms with Crippen LogP contribution >= 0.6 is 0 Å². The second-order valence-corrected chi connectivity index (χ2v) is 5.58. The second-order valence-electron chi connectivity index (χ2n) is 5.58. The minimum absolute atomic E-state index is 0.345. The van der Waals surface area contributed by atoms with Gasteiger partial charge in [-0.1, -0.05) is 36.8 Å². The number of aromatic carboxylic acids is 1. The van der Waals surface area contributed by atoms with Crippen molar-refractivity contribution in [2.45, 2.75) is 32.1 Å². The van der Waals surface area contributed by atoms with Gasteiger partial charge in [0.15, 0.2) is 0 Å². The average Bonchev–Trinajstić information content (AvgIpc) is 2.37. The molecule has 0 aliphatic heterocycles. The Hall–Kier alpha value is -2.09. The van der Waals surface area contributed by atoms with Crippen molar-refractivity contribution in [3.05, 3.63) is 59.2 Å². The molecule has 2 nitrogen and oxygen atoms in total. The molecule has 1 saturated carbocycles. The van der Waals surface area contributed by atoms with Crippen molar-refractivity contribution in [3.8, 4) is 11.1 Å². The van der Waals surface area contributed by atoms with Crippen LogP contribution in [0.3, 0.4) is 0 Å². The van der Waals surface area contributed by atoms with E-state index in [-0.39, 0.29) is 0 Å². The van der Waals surface area contributed by atoms with E-state index in [0.29, 0.717) is 5.56 Å². The van der Waals surface area contributed by atoms with E-state index in [4.69, 9.17) is 5.11 Å². The lowest BCUT2D eigenvalue weighted by Gasteiger charge is -2.25. The zero-order chi connectivity index (χ0) is 14.1. The molecule has 20 heavy (non-hydrogen) atoms. The number of benzene rings is 2. The molecule has 0 aromatic heterocycles. The first kappa shape index (κ1) is 12.9. The first-order valence-corrected chi connectivity index (χ1v) is 7.09. The van der Waals surface area contributed by atoms with Gasteiger partial charge in [0.25, 0.3) is 0 Å². The maximum Gasteiger partial charge on any atom is 0.335 e. The van der Waals surface area contributed by atoms with Crippen molar-refractivity contribution in [1.29, 1.82) is 0 Å². The van der Waals surface area contributed by atoms with Crippen molar-refractivity contribution < 1.29 is 9.90 Å². The monoisotopic (exact) mass is 266 g/mol. The number of carboxylic acid groups (broad SMARTS) is 1. The fraction of sp³-hybridized carbons (Fsp3) is 0.278. The lowest BCUT2D eigenvalue weighted by atomic mass is 9.80. The predicted molar refractivity (Wildman–Crippen MR) is 80.2 cm³/mol. The predicted octanol–water partition coefficient (Wildman–Crippen LogP) is 4.63. The molecule has 1 aliphatic rings. The summed E-state index contributed by atoms with van der Waals surface area (Å²) < 4.78 is 0. The molecule has 0 saturated heterocycles. The molecule has 1 aliphatic carbocycles. The summed E-state index contributed by atoms with van der Waals surface area (Å²) in [5.41, 5.74) is 5.04.